The van der Waals surface area contributed by atoms with Crippen LogP contribution in [0, 0.1) is 0 Å². The molecule has 0 bridgehead atoms. The van der Waals surface area contributed by atoms with Crippen molar-refractivity contribution in [3.8, 4) is 0 Å². The number of carbonyl (C=O) groups excluding carboxylic acids is 2. The van der Waals surface area contributed by atoms with Crippen LogP contribution in [0.15, 0.2) is 30.3 Å². The number of amides is 2. The highest BCUT2D eigenvalue weighted by Gasteiger charge is 2.22. The predicted molar refractivity (Wildman–Crippen MR) is 85.5 cm³/mol. The van der Waals surface area contributed by atoms with E-state index in [1.165, 1.54) is 4.90 Å². The summed E-state index contributed by atoms with van der Waals surface area (Å²) in [5.41, 5.74) is 1.01. The molecule has 122 valence electrons. The first-order valence-corrected chi connectivity index (χ1v) is 7.28. The molecule has 0 heterocycles. The molecule has 0 aliphatic carbocycles. The topological polar surface area (TPSA) is 70.7 Å². The summed E-state index contributed by atoms with van der Waals surface area (Å²) >= 11 is 0. The van der Waals surface area contributed by atoms with Gasteiger partial charge in [-0.3, -0.25) is 9.59 Å². The molecule has 0 aromatic heterocycles. The van der Waals surface area contributed by atoms with Crippen molar-refractivity contribution in [3.05, 3.63) is 35.9 Å². The van der Waals surface area contributed by atoms with Crippen molar-refractivity contribution in [1.82, 2.24) is 15.5 Å². The fraction of sp³-hybridized carbons (Fsp3) is 0.500. The molecule has 0 saturated heterocycles. The van der Waals surface area contributed by atoms with Gasteiger partial charge in [0, 0.05) is 34.2 Å². The Morgan fingerprint density at radius 3 is 2.50 bits per heavy atom. The second kappa shape index (κ2) is 9.92. The maximum atomic E-state index is 12.2. The SMILES string of the molecule is COCCNCC(=O)NC(Cc1ccccc1)C(=O)N(C)C. The average Bonchev–Trinajstić information content (AvgIpc) is 2.51. The van der Waals surface area contributed by atoms with E-state index in [4.69, 9.17) is 4.74 Å². The van der Waals surface area contributed by atoms with E-state index in [-0.39, 0.29) is 18.4 Å². The summed E-state index contributed by atoms with van der Waals surface area (Å²) < 4.78 is 4.90. The van der Waals surface area contributed by atoms with Crippen LogP contribution >= 0.6 is 0 Å². The second-order valence-corrected chi connectivity index (χ2v) is 5.21. The molecule has 0 saturated carbocycles. The van der Waals surface area contributed by atoms with Gasteiger partial charge in [-0.05, 0) is 5.56 Å². The quantitative estimate of drug-likeness (QED) is 0.632. The highest BCUT2D eigenvalue weighted by molar-refractivity contribution is 5.88. The lowest BCUT2D eigenvalue weighted by Crippen LogP contribution is -2.49. The van der Waals surface area contributed by atoms with Gasteiger partial charge in [-0.1, -0.05) is 30.3 Å². The number of nitrogens with one attached hydrogen (secondary N) is 2. The molecule has 0 aliphatic heterocycles. The van der Waals surface area contributed by atoms with Crippen LogP contribution in [0.5, 0.6) is 0 Å². The summed E-state index contributed by atoms with van der Waals surface area (Å²) in [7, 11) is 4.97. The van der Waals surface area contributed by atoms with Gasteiger partial charge in [0.05, 0.1) is 13.2 Å². The van der Waals surface area contributed by atoms with Crippen LogP contribution in [-0.2, 0) is 20.7 Å². The third-order valence-electron chi connectivity index (χ3n) is 3.13. The number of carbonyl (C=O) groups is 2. The van der Waals surface area contributed by atoms with E-state index in [0.717, 1.165) is 5.56 Å². The number of rotatable bonds is 9. The summed E-state index contributed by atoms with van der Waals surface area (Å²) in [6.45, 7) is 1.29. The van der Waals surface area contributed by atoms with E-state index in [9.17, 15) is 9.59 Å². The minimum atomic E-state index is -0.561. The van der Waals surface area contributed by atoms with Crippen molar-refractivity contribution in [3.63, 3.8) is 0 Å². The average molecular weight is 307 g/mol. The number of methoxy groups -OCH3 is 1. The van der Waals surface area contributed by atoms with Crippen molar-refractivity contribution in [1.29, 1.82) is 0 Å². The molecule has 22 heavy (non-hydrogen) atoms. The lowest BCUT2D eigenvalue weighted by Gasteiger charge is -2.22. The first kappa shape index (κ1) is 18.1. The largest absolute Gasteiger partial charge is 0.383 e. The highest BCUT2D eigenvalue weighted by atomic mass is 16.5. The molecule has 0 fully saturated rings. The Balaban J connectivity index is 2.58. The van der Waals surface area contributed by atoms with Gasteiger partial charge >= 0.3 is 0 Å². The Morgan fingerprint density at radius 1 is 1.23 bits per heavy atom. The Bertz CT molecular complexity index is 463. The normalized spacial score (nSPS) is 11.8. The van der Waals surface area contributed by atoms with Crippen molar-refractivity contribution in [2.75, 3.05) is 40.9 Å². The maximum Gasteiger partial charge on any atom is 0.244 e. The Kier molecular flexibility index (Phi) is 8.17. The molecule has 2 amide bonds. The minimum Gasteiger partial charge on any atom is -0.383 e. The van der Waals surface area contributed by atoms with Crippen LogP contribution in [0.3, 0.4) is 0 Å². The lowest BCUT2D eigenvalue weighted by molar-refractivity contribution is -0.134. The lowest BCUT2D eigenvalue weighted by atomic mass is 10.0. The zero-order chi connectivity index (χ0) is 16.4. The van der Waals surface area contributed by atoms with Gasteiger partial charge in [0.2, 0.25) is 11.8 Å². The van der Waals surface area contributed by atoms with Crippen LogP contribution in [0.1, 0.15) is 5.56 Å². The minimum absolute atomic E-state index is 0.117. The number of hydrogen-bond donors (Lipinski definition) is 2. The molecule has 1 rings (SSSR count). The number of benzene rings is 1. The van der Waals surface area contributed by atoms with Crippen molar-refractivity contribution in [2.45, 2.75) is 12.5 Å². The van der Waals surface area contributed by atoms with Gasteiger partial charge in [0.15, 0.2) is 0 Å². The summed E-state index contributed by atoms with van der Waals surface area (Å²) in [5, 5.41) is 5.75. The van der Waals surface area contributed by atoms with Crippen molar-refractivity contribution < 1.29 is 14.3 Å². The van der Waals surface area contributed by atoms with Crippen LogP contribution in [-0.4, -0.2) is 63.7 Å². The summed E-state index contributed by atoms with van der Waals surface area (Å²) in [4.78, 5) is 25.7. The molecule has 0 spiro atoms. The number of nitrogens with zero attached hydrogens (tertiary/aromatic N) is 1. The van der Waals surface area contributed by atoms with E-state index in [1.807, 2.05) is 30.3 Å². The first-order valence-electron chi connectivity index (χ1n) is 7.28. The first-order chi connectivity index (χ1) is 10.5. The Hall–Kier alpha value is -1.92. The molecule has 2 N–H and O–H groups in total. The van der Waals surface area contributed by atoms with Crippen molar-refractivity contribution >= 4 is 11.8 Å². The van der Waals surface area contributed by atoms with E-state index in [0.29, 0.717) is 19.6 Å². The number of likely N-dealkylation sites (N-methyl/N-ethyl adjacent to an activating group) is 1. The molecule has 6 heteroatoms. The van der Waals surface area contributed by atoms with Gasteiger partial charge < -0.3 is 20.3 Å². The Labute approximate surface area is 131 Å². The molecule has 0 radical (unpaired) electrons. The molecule has 1 atom stereocenters. The van der Waals surface area contributed by atoms with E-state index in [2.05, 4.69) is 10.6 Å². The van der Waals surface area contributed by atoms with Crippen LogP contribution in [0.25, 0.3) is 0 Å². The zero-order valence-corrected chi connectivity index (χ0v) is 13.5. The van der Waals surface area contributed by atoms with Crippen molar-refractivity contribution in [2.24, 2.45) is 0 Å². The van der Waals surface area contributed by atoms with Gasteiger partial charge in [0.25, 0.3) is 0 Å². The van der Waals surface area contributed by atoms with Crippen LogP contribution < -0.4 is 10.6 Å². The van der Waals surface area contributed by atoms with E-state index >= 15 is 0 Å². The third-order valence-corrected chi connectivity index (χ3v) is 3.13. The fourth-order valence-electron chi connectivity index (χ4n) is 1.98. The summed E-state index contributed by atoms with van der Waals surface area (Å²) in [6.07, 6.45) is 0.474. The smallest absolute Gasteiger partial charge is 0.244 e. The molecule has 6 nitrogen and oxygen atoms in total. The molecule has 0 aliphatic rings. The zero-order valence-electron chi connectivity index (χ0n) is 13.5. The monoisotopic (exact) mass is 307 g/mol. The van der Waals surface area contributed by atoms with Gasteiger partial charge in [-0.25, -0.2) is 0 Å². The highest BCUT2D eigenvalue weighted by Crippen LogP contribution is 2.05. The molecule has 1 aromatic rings. The Morgan fingerprint density at radius 2 is 1.91 bits per heavy atom. The number of hydrogen-bond acceptors (Lipinski definition) is 4. The second-order valence-electron chi connectivity index (χ2n) is 5.21. The molecule has 1 aromatic carbocycles. The number of ether oxygens (including phenoxy) is 1. The molecular weight excluding hydrogens is 282 g/mol. The predicted octanol–water partition coefficient (Wildman–Crippen LogP) is 0.0381. The van der Waals surface area contributed by atoms with Gasteiger partial charge in [0.1, 0.15) is 6.04 Å². The standard InChI is InChI=1S/C16H25N3O3/c1-19(2)16(21)14(11-13-7-5-4-6-8-13)18-15(20)12-17-9-10-22-3/h4-8,14,17H,9-12H2,1-3H3,(H,18,20). The van der Waals surface area contributed by atoms with Gasteiger partial charge in [-0.15, -0.1) is 0 Å². The molecular formula is C16H25N3O3. The third kappa shape index (κ3) is 6.69. The van der Waals surface area contributed by atoms with E-state index < -0.39 is 6.04 Å². The maximum absolute atomic E-state index is 12.2. The molecule has 1 unspecified atom stereocenters. The fourth-order valence-corrected chi connectivity index (χ4v) is 1.98. The summed E-state index contributed by atoms with van der Waals surface area (Å²) in [5.74, 6) is -0.318. The van der Waals surface area contributed by atoms with Gasteiger partial charge in [-0.2, -0.15) is 0 Å². The van der Waals surface area contributed by atoms with E-state index in [1.54, 1.807) is 21.2 Å². The van der Waals surface area contributed by atoms with Crippen LogP contribution in [0.4, 0.5) is 0 Å². The summed E-state index contributed by atoms with van der Waals surface area (Å²) in [6, 6.07) is 9.08. The van der Waals surface area contributed by atoms with Crippen LogP contribution in [0.2, 0.25) is 0 Å².